The Balaban J connectivity index is 2.91. The summed E-state index contributed by atoms with van der Waals surface area (Å²) in [6.45, 7) is 9.21. The van der Waals surface area contributed by atoms with Gasteiger partial charge in [0.05, 0.1) is 19.1 Å². The second-order valence-electron chi connectivity index (χ2n) is 5.78. The van der Waals surface area contributed by atoms with E-state index >= 15 is 0 Å². The first kappa shape index (κ1) is 15.4. The van der Waals surface area contributed by atoms with Crippen LogP contribution in [0.3, 0.4) is 0 Å². The summed E-state index contributed by atoms with van der Waals surface area (Å²) >= 11 is 0. The highest BCUT2D eigenvalue weighted by atomic mass is 16.5. The number of nitrogens with zero attached hydrogens (tertiary/aromatic N) is 1. The molecule has 3 nitrogen and oxygen atoms in total. The number of rotatable bonds is 5. The summed E-state index contributed by atoms with van der Waals surface area (Å²) in [4.78, 5) is 0. The number of ether oxygens (including phenoxy) is 1. The summed E-state index contributed by atoms with van der Waals surface area (Å²) in [6.07, 6.45) is 0.867. The van der Waals surface area contributed by atoms with Gasteiger partial charge in [0.25, 0.3) is 0 Å². The average molecular weight is 260 g/mol. The normalized spacial score (nSPS) is 12.6. The van der Waals surface area contributed by atoms with Crippen molar-refractivity contribution in [3.8, 4) is 11.8 Å². The third kappa shape index (κ3) is 4.17. The average Bonchev–Trinajstić information content (AvgIpc) is 2.38. The maximum absolute atomic E-state index is 8.96. The summed E-state index contributed by atoms with van der Waals surface area (Å²) in [7, 11) is 1.69. The van der Waals surface area contributed by atoms with Crippen molar-refractivity contribution >= 4 is 5.69 Å². The van der Waals surface area contributed by atoms with Crippen LogP contribution in [0.15, 0.2) is 18.2 Å². The van der Waals surface area contributed by atoms with E-state index in [0.29, 0.717) is 6.54 Å². The van der Waals surface area contributed by atoms with Crippen molar-refractivity contribution in [2.75, 3.05) is 19.0 Å². The van der Waals surface area contributed by atoms with Crippen molar-refractivity contribution < 1.29 is 4.74 Å². The van der Waals surface area contributed by atoms with E-state index in [9.17, 15) is 0 Å². The molecule has 0 aliphatic rings. The molecule has 0 amide bonds. The van der Waals surface area contributed by atoms with Gasteiger partial charge in [0.2, 0.25) is 0 Å². The van der Waals surface area contributed by atoms with E-state index < -0.39 is 0 Å². The fraction of sp³-hybridized carbons (Fsp3) is 0.562. The Labute approximate surface area is 116 Å². The van der Waals surface area contributed by atoms with Crippen LogP contribution in [-0.4, -0.2) is 13.7 Å². The Morgan fingerprint density at radius 2 is 2.05 bits per heavy atom. The van der Waals surface area contributed by atoms with Gasteiger partial charge in [0.1, 0.15) is 5.75 Å². The lowest BCUT2D eigenvalue weighted by atomic mass is 9.86. The summed E-state index contributed by atoms with van der Waals surface area (Å²) in [5.41, 5.74) is 2.24. The van der Waals surface area contributed by atoms with Gasteiger partial charge in [0.15, 0.2) is 0 Å². The minimum Gasteiger partial charge on any atom is -0.496 e. The lowest BCUT2D eigenvalue weighted by Crippen LogP contribution is -2.15. The second-order valence-corrected chi connectivity index (χ2v) is 5.78. The molecule has 1 rings (SSSR count). The maximum Gasteiger partial charge on any atom is 0.122 e. The van der Waals surface area contributed by atoms with Gasteiger partial charge in [-0.15, -0.1) is 0 Å². The fourth-order valence-electron chi connectivity index (χ4n) is 1.93. The number of hydrogen-bond donors (Lipinski definition) is 1. The van der Waals surface area contributed by atoms with E-state index in [0.717, 1.165) is 17.9 Å². The zero-order chi connectivity index (χ0) is 14.5. The molecule has 0 saturated heterocycles. The monoisotopic (exact) mass is 260 g/mol. The summed E-state index contributed by atoms with van der Waals surface area (Å²) in [6, 6.07) is 8.40. The molecule has 0 aliphatic carbocycles. The molecule has 1 atom stereocenters. The summed E-state index contributed by atoms with van der Waals surface area (Å²) in [5, 5.41) is 12.3. The summed E-state index contributed by atoms with van der Waals surface area (Å²) < 4.78 is 5.41. The molecule has 1 unspecified atom stereocenters. The fourth-order valence-corrected chi connectivity index (χ4v) is 1.93. The van der Waals surface area contributed by atoms with Crippen LogP contribution in [0.2, 0.25) is 0 Å². The van der Waals surface area contributed by atoms with Crippen LogP contribution in [0.4, 0.5) is 5.69 Å². The van der Waals surface area contributed by atoms with E-state index in [1.54, 1.807) is 7.11 Å². The Morgan fingerprint density at radius 3 is 2.53 bits per heavy atom. The molecule has 104 valence electrons. The van der Waals surface area contributed by atoms with E-state index in [2.05, 4.69) is 38.2 Å². The van der Waals surface area contributed by atoms with E-state index in [1.165, 1.54) is 5.56 Å². The molecule has 0 aromatic heterocycles. The quantitative estimate of drug-likeness (QED) is 0.871. The van der Waals surface area contributed by atoms with E-state index in [-0.39, 0.29) is 11.3 Å². The third-order valence-electron chi connectivity index (χ3n) is 3.24. The smallest absolute Gasteiger partial charge is 0.122 e. The molecule has 0 heterocycles. The first-order chi connectivity index (χ1) is 8.92. The predicted octanol–water partition coefficient (Wildman–Crippen LogP) is 3.95. The lowest BCUT2D eigenvalue weighted by Gasteiger charge is -2.23. The zero-order valence-electron chi connectivity index (χ0n) is 12.6. The van der Waals surface area contributed by atoms with Crippen molar-refractivity contribution in [3.05, 3.63) is 23.8 Å². The highest BCUT2D eigenvalue weighted by molar-refractivity contribution is 5.53. The minimum atomic E-state index is 0.0302. The molecule has 0 fully saturated rings. The van der Waals surface area contributed by atoms with Gasteiger partial charge in [-0.1, -0.05) is 27.7 Å². The molecule has 3 heteroatoms. The van der Waals surface area contributed by atoms with Crippen molar-refractivity contribution in [3.63, 3.8) is 0 Å². The topological polar surface area (TPSA) is 45.0 Å². The number of anilines is 1. The SMILES string of the molecule is CCC(C#N)CNc1ccc(OC)c(C(C)(C)C)c1. The van der Waals surface area contributed by atoms with Crippen LogP contribution in [0.5, 0.6) is 5.75 Å². The van der Waals surface area contributed by atoms with Gasteiger partial charge in [-0.3, -0.25) is 0 Å². The van der Waals surface area contributed by atoms with Gasteiger partial charge in [-0.25, -0.2) is 0 Å². The number of nitriles is 1. The zero-order valence-corrected chi connectivity index (χ0v) is 12.6. The van der Waals surface area contributed by atoms with Crippen molar-refractivity contribution in [2.24, 2.45) is 5.92 Å². The van der Waals surface area contributed by atoms with Gasteiger partial charge in [-0.05, 0) is 30.0 Å². The van der Waals surface area contributed by atoms with Crippen LogP contribution in [0.25, 0.3) is 0 Å². The van der Waals surface area contributed by atoms with Crippen molar-refractivity contribution in [1.29, 1.82) is 5.26 Å². The standard InChI is InChI=1S/C16H24N2O/c1-6-12(10-17)11-18-13-7-8-15(19-5)14(9-13)16(2,3)4/h7-9,12,18H,6,11H2,1-5H3. The molecule has 0 bridgehead atoms. The molecule has 1 N–H and O–H groups in total. The number of nitrogens with one attached hydrogen (secondary N) is 1. The number of benzene rings is 1. The van der Waals surface area contributed by atoms with E-state index in [1.807, 2.05) is 19.1 Å². The molecule has 1 aromatic carbocycles. The van der Waals surface area contributed by atoms with Crippen LogP contribution in [-0.2, 0) is 5.41 Å². The molecular formula is C16H24N2O. The predicted molar refractivity (Wildman–Crippen MR) is 79.6 cm³/mol. The third-order valence-corrected chi connectivity index (χ3v) is 3.24. The molecular weight excluding hydrogens is 236 g/mol. The second kappa shape index (κ2) is 6.47. The van der Waals surface area contributed by atoms with Gasteiger partial charge < -0.3 is 10.1 Å². The summed E-state index contributed by atoms with van der Waals surface area (Å²) in [5.74, 6) is 0.963. The van der Waals surface area contributed by atoms with E-state index in [4.69, 9.17) is 10.00 Å². The number of methoxy groups -OCH3 is 1. The first-order valence-electron chi connectivity index (χ1n) is 6.74. The minimum absolute atomic E-state index is 0.0302. The Morgan fingerprint density at radius 1 is 1.37 bits per heavy atom. The van der Waals surface area contributed by atoms with Gasteiger partial charge in [-0.2, -0.15) is 5.26 Å². The highest BCUT2D eigenvalue weighted by Crippen LogP contribution is 2.33. The molecule has 0 radical (unpaired) electrons. The molecule has 0 aliphatic heterocycles. The van der Waals surface area contributed by atoms with Crippen molar-refractivity contribution in [2.45, 2.75) is 39.5 Å². The molecule has 0 saturated carbocycles. The highest BCUT2D eigenvalue weighted by Gasteiger charge is 2.19. The Hall–Kier alpha value is -1.69. The lowest BCUT2D eigenvalue weighted by molar-refractivity contribution is 0.397. The van der Waals surface area contributed by atoms with Crippen LogP contribution in [0.1, 0.15) is 39.7 Å². The molecule has 1 aromatic rings. The van der Waals surface area contributed by atoms with Gasteiger partial charge in [0, 0.05) is 17.8 Å². The largest absolute Gasteiger partial charge is 0.496 e. The van der Waals surface area contributed by atoms with Gasteiger partial charge >= 0.3 is 0 Å². The Bertz CT molecular complexity index is 455. The molecule has 0 spiro atoms. The van der Waals surface area contributed by atoms with Crippen LogP contribution < -0.4 is 10.1 Å². The van der Waals surface area contributed by atoms with Crippen LogP contribution >= 0.6 is 0 Å². The molecule has 19 heavy (non-hydrogen) atoms. The van der Waals surface area contributed by atoms with Crippen LogP contribution in [0, 0.1) is 17.2 Å². The number of hydrogen-bond acceptors (Lipinski definition) is 3. The first-order valence-corrected chi connectivity index (χ1v) is 6.74. The van der Waals surface area contributed by atoms with Crippen molar-refractivity contribution in [1.82, 2.24) is 0 Å². The Kier molecular flexibility index (Phi) is 5.23. The maximum atomic E-state index is 8.96.